The normalized spacial score (nSPS) is 10.0. The van der Waals surface area contributed by atoms with Crippen molar-refractivity contribution in [1.82, 2.24) is 0 Å². The molecule has 0 N–H and O–H groups in total. The number of hydrogen-bond acceptors (Lipinski definition) is 1. The minimum atomic E-state index is -0.546. The van der Waals surface area contributed by atoms with Crippen molar-refractivity contribution >= 4 is 6.29 Å². The van der Waals surface area contributed by atoms with E-state index in [1.165, 1.54) is 0 Å². The Hall–Kier alpha value is -1.55. The summed E-state index contributed by atoms with van der Waals surface area (Å²) in [5.41, 5.74) is 0.396. The van der Waals surface area contributed by atoms with Gasteiger partial charge >= 0.3 is 0 Å². The highest BCUT2D eigenvalue weighted by molar-refractivity contribution is 5.64. The maximum atomic E-state index is 10.5. The summed E-state index contributed by atoms with van der Waals surface area (Å²) in [6, 6.07) is 9.65. The maximum Gasteiger partial charge on any atom is 0.137 e. The van der Waals surface area contributed by atoms with Gasteiger partial charge in [0.2, 0.25) is 0 Å². The fourth-order valence-corrected chi connectivity index (χ4v) is 0.784. The monoisotopic (exact) mass is 172 g/mol. The molecule has 0 bridgehead atoms. The molecule has 1 rings (SSSR count). The van der Waals surface area contributed by atoms with Crippen molar-refractivity contribution in [2.24, 2.45) is 5.41 Å². The van der Waals surface area contributed by atoms with E-state index in [4.69, 9.17) is 0 Å². The van der Waals surface area contributed by atoms with Gasteiger partial charge in [-0.05, 0) is 26.0 Å². The summed E-state index contributed by atoms with van der Waals surface area (Å²) in [6.07, 6.45) is 0.864. The van der Waals surface area contributed by atoms with E-state index in [1.807, 2.05) is 30.3 Å². The van der Waals surface area contributed by atoms with Gasteiger partial charge in [0.25, 0.3) is 0 Å². The Morgan fingerprint density at radius 3 is 2.38 bits per heavy atom. The van der Waals surface area contributed by atoms with Gasteiger partial charge in [-0.2, -0.15) is 0 Å². The lowest BCUT2D eigenvalue weighted by atomic mass is 9.96. The van der Waals surface area contributed by atoms with Crippen LogP contribution in [0.3, 0.4) is 0 Å². The molecule has 1 nitrogen and oxygen atoms in total. The molecule has 0 heterocycles. The van der Waals surface area contributed by atoms with Crippen LogP contribution in [0, 0.1) is 17.3 Å². The van der Waals surface area contributed by atoms with Gasteiger partial charge in [-0.3, -0.25) is 0 Å². The average Bonchev–Trinajstić information content (AvgIpc) is 2.17. The molecule has 13 heavy (non-hydrogen) atoms. The first kappa shape index (κ1) is 9.54. The molecule has 0 atom stereocenters. The molecule has 0 fully saturated rings. The molecule has 0 aromatic heterocycles. The number of hydrogen-bond donors (Lipinski definition) is 0. The average molecular weight is 172 g/mol. The van der Waals surface area contributed by atoms with Crippen LogP contribution < -0.4 is 0 Å². The molecule has 0 aliphatic carbocycles. The zero-order chi connectivity index (χ0) is 9.73. The summed E-state index contributed by atoms with van der Waals surface area (Å²) in [7, 11) is 0. The number of benzene rings is 1. The molecule has 0 saturated carbocycles. The third-order valence-corrected chi connectivity index (χ3v) is 1.60. The minimum Gasteiger partial charge on any atom is -0.302 e. The lowest BCUT2D eigenvalue weighted by Gasteiger charge is -2.04. The zero-order valence-electron chi connectivity index (χ0n) is 7.87. The van der Waals surface area contributed by atoms with Crippen molar-refractivity contribution in [2.45, 2.75) is 13.8 Å². The van der Waals surface area contributed by atoms with E-state index in [9.17, 15) is 4.79 Å². The van der Waals surface area contributed by atoms with Crippen molar-refractivity contribution in [1.29, 1.82) is 0 Å². The molecule has 1 heteroatoms. The van der Waals surface area contributed by atoms with E-state index in [-0.39, 0.29) is 0 Å². The topological polar surface area (TPSA) is 17.1 Å². The van der Waals surface area contributed by atoms with Crippen molar-refractivity contribution in [3.05, 3.63) is 35.9 Å². The second kappa shape index (κ2) is 3.91. The van der Waals surface area contributed by atoms with Gasteiger partial charge in [-0.1, -0.05) is 30.0 Å². The Kier molecular flexibility index (Phi) is 2.87. The smallest absolute Gasteiger partial charge is 0.137 e. The van der Waals surface area contributed by atoms with Crippen LogP contribution in [0.2, 0.25) is 0 Å². The van der Waals surface area contributed by atoms with E-state index >= 15 is 0 Å². The predicted molar refractivity (Wildman–Crippen MR) is 53.2 cm³/mol. The first-order valence-electron chi connectivity index (χ1n) is 4.19. The Morgan fingerprint density at radius 2 is 1.85 bits per heavy atom. The predicted octanol–water partition coefficient (Wildman–Crippen LogP) is 2.26. The molecule has 1 aromatic rings. The number of carbonyl (C=O) groups excluding carboxylic acids is 1. The zero-order valence-corrected chi connectivity index (χ0v) is 7.87. The van der Waals surface area contributed by atoms with Crippen LogP contribution >= 0.6 is 0 Å². The molecule has 0 unspecified atom stereocenters. The van der Waals surface area contributed by atoms with Gasteiger partial charge in [0, 0.05) is 5.56 Å². The molecule has 1 aromatic carbocycles. The Bertz CT molecular complexity index is 338. The molecule has 0 aliphatic rings. The standard InChI is InChI=1S/C12H12O/c1-12(2,10-13)9-8-11-6-4-3-5-7-11/h3-7,10H,1-2H3. The van der Waals surface area contributed by atoms with Crippen molar-refractivity contribution in [3.63, 3.8) is 0 Å². The first-order valence-corrected chi connectivity index (χ1v) is 4.19. The van der Waals surface area contributed by atoms with Crippen LogP contribution in [0.5, 0.6) is 0 Å². The Morgan fingerprint density at radius 1 is 1.23 bits per heavy atom. The highest BCUT2D eigenvalue weighted by atomic mass is 16.1. The van der Waals surface area contributed by atoms with E-state index in [2.05, 4.69) is 11.8 Å². The van der Waals surface area contributed by atoms with Crippen LogP contribution in [0.4, 0.5) is 0 Å². The van der Waals surface area contributed by atoms with Gasteiger partial charge < -0.3 is 4.79 Å². The van der Waals surface area contributed by atoms with Crippen molar-refractivity contribution in [3.8, 4) is 11.8 Å². The van der Waals surface area contributed by atoms with Gasteiger partial charge in [0.05, 0.1) is 5.41 Å². The summed E-state index contributed by atoms with van der Waals surface area (Å²) in [5, 5.41) is 0. The second-order valence-corrected chi connectivity index (χ2v) is 3.46. The molecule has 0 spiro atoms. The number of aldehydes is 1. The van der Waals surface area contributed by atoms with Crippen LogP contribution in [0.1, 0.15) is 19.4 Å². The molecule has 0 radical (unpaired) electrons. The third kappa shape index (κ3) is 3.13. The van der Waals surface area contributed by atoms with Crippen LogP contribution in [0.25, 0.3) is 0 Å². The van der Waals surface area contributed by atoms with Crippen LogP contribution in [0.15, 0.2) is 30.3 Å². The molecule has 0 aliphatic heterocycles. The largest absolute Gasteiger partial charge is 0.302 e. The minimum absolute atomic E-state index is 0.546. The summed E-state index contributed by atoms with van der Waals surface area (Å²) in [4.78, 5) is 10.5. The van der Waals surface area contributed by atoms with Gasteiger partial charge in [0.1, 0.15) is 6.29 Å². The first-order chi connectivity index (χ1) is 6.14. The molecule has 0 amide bonds. The number of carbonyl (C=O) groups is 1. The number of rotatable bonds is 1. The van der Waals surface area contributed by atoms with E-state index in [0.717, 1.165) is 11.8 Å². The van der Waals surface area contributed by atoms with Crippen LogP contribution in [-0.2, 0) is 4.79 Å². The lowest BCUT2D eigenvalue weighted by Crippen LogP contribution is -2.08. The van der Waals surface area contributed by atoms with Gasteiger partial charge in [0.15, 0.2) is 0 Å². The summed E-state index contributed by atoms with van der Waals surface area (Å²) >= 11 is 0. The summed E-state index contributed by atoms with van der Waals surface area (Å²) in [5.74, 6) is 5.86. The van der Waals surface area contributed by atoms with E-state index < -0.39 is 5.41 Å². The maximum absolute atomic E-state index is 10.5. The fourth-order valence-electron chi connectivity index (χ4n) is 0.784. The van der Waals surface area contributed by atoms with Crippen molar-refractivity contribution in [2.75, 3.05) is 0 Å². The van der Waals surface area contributed by atoms with Gasteiger partial charge in [-0.25, -0.2) is 0 Å². The highest BCUT2D eigenvalue weighted by Gasteiger charge is 2.10. The molecular weight excluding hydrogens is 160 g/mol. The van der Waals surface area contributed by atoms with E-state index in [1.54, 1.807) is 13.8 Å². The second-order valence-electron chi connectivity index (χ2n) is 3.46. The summed E-state index contributed by atoms with van der Waals surface area (Å²) < 4.78 is 0. The third-order valence-electron chi connectivity index (χ3n) is 1.60. The summed E-state index contributed by atoms with van der Waals surface area (Å²) in [6.45, 7) is 3.60. The molecule has 66 valence electrons. The fraction of sp³-hybridized carbons (Fsp3) is 0.250. The Balaban J connectivity index is 2.85. The van der Waals surface area contributed by atoms with Crippen LogP contribution in [-0.4, -0.2) is 6.29 Å². The van der Waals surface area contributed by atoms with Crippen molar-refractivity contribution < 1.29 is 4.79 Å². The molecular formula is C12H12O. The lowest BCUT2D eigenvalue weighted by molar-refractivity contribution is -0.112. The highest BCUT2D eigenvalue weighted by Crippen LogP contribution is 2.08. The quantitative estimate of drug-likeness (QED) is 0.469. The Labute approximate surface area is 78.8 Å². The SMILES string of the molecule is CC(C)(C#Cc1ccccc1)C=O. The van der Waals surface area contributed by atoms with Gasteiger partial charge in [-0.15, -0.1) is 0 Å². The molecule has 0 saturated heterocycles. The van der Waals surface area contributed by atoms with E-state index in [0.29, 0.717) is 0 Å².